The predicted octanol–water partition coefficient (Wildman–Crippen LogP) is 1.43. The first kappa shape index (κ1) is 18.6. The van der Waals surface area contributed by atoms with E-state index in [2.05, 4.69) is 5.32 Å². The van der Waals surface area contributed by atoms with Gasteiger partial charge in [0, 0.05) is 19.6 Å². The topological polar surface area (TPSA) is 103 Å². The molecule has 1 fully saturated rings. The molecule has 1 aromatic carbocycles. The molecular weight excluding hydrogens is 322 g/mol. The van der Waals surface area contributed by atoms with Gasteiger partial charge in [-0.3, -0.25) is 9.59 Å². The van der Waals surface area contributed by atoms with Crippen molar-refractivity contribution in [3.63, 3.8) is 0 Å². The molecule has 0 bridgehead atoms. The molecule has 7 nitrogen and oxygen atoms in total. The number of hydrogen-bond donors (Lipinski definition) is 2. The number of amides is 2. The summed E-state index contributed by atoms with van der Waals surface area (Å²) in [7, 11) is 0. The Labute approximate surface area is 147 Å². The highest BCUT2D eigenvalue weighted by molar-refractivity contribution is 5.81. The number of nitriles is 1. The van der Waals surface area contributed by atoms with Crippen LogP contribution in [-0.4, -0.2) is 47.6 Å². The van der Waals surface area contributed by atoms with Crippen LogP contribution in [0.25, 0.3) is 0 Å². The highest BCUT2D eigenvalue weighted by atomic mass is 16.5. The summed E-state index contributed by atoms with van der Waals surface area (Å²) in [6.07, 6.45) is 0.898. The van der Waals surface area contributed by atoms with Gasteiger partial charge >= 0.3 is 0 Å². The molecule has 2 amide bonds. The summed E-state index contributed by atoms with van der Waals surface area (Å²) in [5.41, 5.74) is 0. The number of aromatic hydroxyl groups is 1. The molecule has 1 saturated heterocycles. The fraction of sp³-hybridized carbons (Fsp3) is 0.500. The summed E-state index contributed by atoms with van der Waals surface area (Å²) in [6.45, 7) is 3.51. The minimum absolute atomic E-state index is 0.0694. The van der Waals surface area contributed by atoms with Gasteiger partial charge in [0.15, 0.2) is 6.10 Å². The number of phenols is 1. The Morgan fingerprint density at radius 3 is 2.60 bits per heavy atom. The van der Waals surface area contributed by atoms with Gasteiger partial charge in [0.05, 0.1) is 6.07 Å². The summed E-state index contributed by atoms with van der Waals surface area (Å²) < 4.78 is 5.63. The minimum Gasteiger partial charge on any atom is -0.508 e. The van der Waals surface area contributed by atoms with Crippen molar-refractivity contribution >= 4 is 11.8 Å². The number of likely N-dealkylation sites (tertiary alicyclic amines) is 1. The minimum atomic E-state index is -0.601. The van der Waals surface area contributed by atoms with Crippen LogP contribution in [0.4, 0.5) is 0 Å². The van der Waals surface area contributed by atoms with Crippen LogP contribution < -0.4 is 10.1 Å². The van der Waals surface area contributed by atoms with E-state index in [9.17, 15) is 14.7 Å². The Morgan fingerprint density at radius 2 is 2.00 bits per heavy atom. The third kappa shape index (κ3) is 5.68. The summed E-state index contributed by atoms with van der Waals surface area (Å²) >= 11 is 0. The second-order valence-electron chi connectivity index (χ2n) is 6.16. The number of rotatable bonds is 6. The maximum atomic E-state index is 12.5. The first-order chi connectivity index (χ1) is 12.0. The lowest BCUT2D eigenvalue weighted by molar-refractivity contribution is -0.139. The van der Waals surface area contributed by atoms with Crippen LogP contribution in [0.15, 0.2) is 24.3 Å². The molecule has 25 heavy (non-hydrogen) atoms. The predicted molar refractivity (Wildman–Crippen MR) is 90.7 cm³/mol. The number of ether oxygens (including phenoxy) is 1. The van der Waals surface area contributed by atoms with E-state index in [4.69, 9.17) is 10.00 Å². The van der Waals surface area contributed by atoms with Crippen LogP contribution in [0.1, 0.15) is 26.2 Å². The molecule has 1 aliphatic rings. The Balaban J connectivity index is 1.75. The molecule has 1 atom stereocenters. The standard InChI is InChI=1S/C18H23N3O4/c1-13(25-16-4-2-15(22)3-5-16)18(24)21-10-7-14(8-11-21)12-20-17(23)6-9-19/h2-5,13-14,22H,6-8,10-12H2,1H3,(H,20,23). The van der Waals surface area contributed by atoms with Gasteiger partial charge in [0.25, 0.3) is 5.91 Å². The van der Waals surface area contributed by atoms with Gasteiger partial charge in [-0.15, -0.1) is 0 Å². The van der Waals surface area contributed by atoms with Crippen molar-refractivity contribution in [1.82, 2.24) is 10.2 Å². The Hall–Kier alpha value is -2.75. The SMILES string of the molecule is CC(Oc1ccc(O)cc1)C(=O)N1CCC(CNC(=O)CC#N)CC1. The van der Waals surface area contributed by atoms with Crippen molar-refractivity contribution in [3.8, 4) is 17.6 Å². The van der Waals surface area contributed by atoms with Gasteiger partial charge in [-0.1, -0.05) is 0 Å². The molecule has 2 rings (SSSR count). The number of benzene rings is 1. The summed E-state index contributed by atoms with van der Waals surface area (Å²) in [4.78, 5) is 25.6. The molecule has 0 spiro atoms. The molecular formula is C18H23N3O4. The highest BCUT2D eigenvalue weighted by Gasteiger charge is 2.27. The molecule has 7 heteroatoms. The van der Waals surface area contributed by atoms with E-state index < -0.39 is 6.10 Å². The monoisotopic (exact) mass is 345 g/mol. The molecule has 1 unspecified atom stereocenters. The second kappa shape index (κ2) is 8.92. The van der Waals surface area contributed by atoms with Crippen LogP contribution in [-0.2, 0) is 9.59 Å². The fourth-order valence-electron chi connectivity index (χ4n) is 2.79. The second-order valence-corrected chi connectivity index (χ2v) is 6.16. The summed E-state index contributed by atoms with van der Waals surface area (Å²) in [6, 6.07) is 8.09. The molecule has 2 N–H and O–H groups in total. The molecule has 1 aromatic rings. The maximum Gasteiger partial charge on any atom is 0.263 e. The van der Waals surface area contributed by atoms with Gasteiger partial charge in [0.1, 0.15) is 17.9 Å². The molecule has 0 saturated carbocycles. The van der Waals surface area contributed by atoms with Crippen molar-refractivity contribution in [1.29, 1.82) is 5.26 Å². The maximum absolute atomic E-state index is 12.5. The number of nitrogens with zero attached hydrogens (tertiary/aromatic N) is 2. The molecule has 0 aliphatic carbocycles. The van der Waals surface area contributed by atoms with Crippen LogP contribution in [0, 0.1) is 17.2 Å². The average molecular weight is 345 g/mol. The Morgan fingerprint density at radius 1 is 1.36 bits per heavy atom. The van der Waals surface area contributed by atoms with Gasteiger partial charge in [-0.05, 0) is 49.9 Å². The van der Waals surface area contributed by atoms with Crippen molar-refractivity contribution in [2.75, 3.05) is 19.6 Å². The van der Waals surface area contributed by atoms with E-state index in [0.717, 1.165) is 12.8 Å². The van der Waals surface area contributed by atoms with E-state index in [1.54, 1.807) is 24.0 Å². The first-order valence-electron chi connectivity index (χ1n) is 8.37. The smallest absolute Gasteiger partial charge is 0.263 e. The number of carbonyl (C=O) groups excluding carboxylic acids is 2. The lowest BCUT2D eigenvalue weighted by Crippen LogP contribution is -2.46. The summed E-state index contributed by atoms with van der Waals surface area (Å²) in [5.74, 6) is 0.681. The van der Waals surface area contributed by atoms with Crippen molar-refractivity contribution < 1.29 is 19.4 Å². The van der Waals surface area contributed by atoms with Gasteiger partial charge < -0.3 is 20.1 Å². The number of carbonyl (C=O) groups is 2. The molecule has 1 heterocycles. The molecule has 0 radical (unpaired) electrons. The van der Waals surface area contributed by atoms with Crippen molar-refractivity contribution in [2.45, 2.75) is 32.3 Å². The number of hydrogen-bond acceptors (Lipinski definition) is 5. The normalized spacial score (nSPS) is 15.9. The van der Waals surface area contributed by atoms with Crippen LogP contribution in [0.5, 0.6) is 11.5 Å². The van der Waals surface area contributed by atoms with Crippen molar-refractivity contribution in [2.24, 2.45) is 5.92 Å². The highest BCUT2D eigenvalue weighted by Crippen LogP contribution is 2.20. The number of piperidine rings is 1. The molecule has 134 valence electrons. The molecule has 0 aromatic heterocycles. The van der Waals surface area contributed by atoms with E-state index in [1.165, 1.54) is 12.1 Å². The van der Waals surface area contributed by atoms with Gasteiger partial charge in [0.2, 0.25) is 5.91 Å². The lowest BCUT2D eigenvalue weighted by Gasteiger charge is -2.33. The van der Waals surface area contributed by atoms with E-state index >= 15 is 0 Å². The van der Waals surface area contributed by atoms with Gasteiger partial charge in [-0.25, -0.2) is 0 Å². The third-order valence-corrected chi connectivity index (χ3v) is 4.25. The van der Waals surface area contributed by atoms with Crippen LogP contribution in [0.3, 0.4) is 0 Å². The zero-order valence-electron chi connectivity index (χ0n) is 14.3. The zero-order chi connectivity index (χ0) is 18.2. The number of nitrogens with one attached hydrogen (secondary N) is 1. The first-order valence-corrected chi connectivity index (χ1v) is 8.37. The van der Waals surface area contributed by atoms with Gasteiger partial charge in [-0.2, -0.15) is 5.26 Å². The van der Waals surface area contributed by atoms with Crippen molar-refractivity contribution in [3.05, 3.63) is 24.3 Å². The average Bonchev–Trinajstić information content (AvgIpc) is 2.62. The fourth-order valence-corrected chi connectivity index (χ4v) is 2.79. The lowest BCUT2D eigenvalue weighted by atomic mass is 9.96. The van der Waals surface area contributed by atoms with E-state index in [0.29, 0.717) is 31.3 Å². The third-order valence-electron chi connectivity index (χ3n) is 4.25. The zero-order valence-corrected chi connectivity index (χ0v) is 14.3. The largest absolute Gasteiger partial charge is 0.508 e. The quantitative estimate of drug-likeness (QED) is 0.812. The summed E-state index contributed by atoms with van der Waals surface area (Å²) in [5, 5.41) is 20.5. The number of phenolic OH excluding ortho intramolecular Hbond substituents is 1. The Kier molecular flexibility index (Phi) is 6.63. The van der Waals surface area contributed by atoms with E-state index in [-0.39, 0.29) is 24.0 Å². The van der Waals surface area contributed by atoms with Crippen LogP contribution in [0.2, 0.25) is 0 Å². The Bertz CT molecular complexity index is 631. The molecule has 1 aliphatic heterocycles. The van der Waals surface area contributed by atoms with E-state index in [1.807, 2.05) is 6.07 Å². The van der Waals surface area contributed by atoms with Crippen LogP contribution >= 0.6 is 0 Å².